The Bertz CT molecular complexity index is 561. The van der Waals surface area contributed by atoms with Crippen molar-refractivity contribution in [1.82, 2.24) is 5.32 Å². The molecule has 2 amide bonds. The molecule has 0 aliphatic rings. The van der Waals surface area contributed by atoms with Gasteiger partial charge in [-0.2, -0.15) is 0 Å². The van der Waals surface area contributed by atoms with Gasteiger partial charge in [0.2, 0.25) is 0 Å². The molecule has 6 nitrogen and oxygen atoms in total. The van der Waals surface area contributed by atoms with Crippen molar-refractivity contribution < 1.29 is 28.6 Å². The molecule has 0 aliphatic carbocycles. The summed E-state index contributed by atoms with van der Waals surface area (Å²) in [4.78, 5) is 22.0. The van der Waals surface area contributed by atoms with Crippen LogP contribution >= 0.6 is 0 Å². The highest BCUT2D eigenvalue weighted by Crippen LogP contribution is 2.21. The van der Waals surface area contributed by atoms with Crippen LogP contribution in [0, 0.1) is 18.6 Å². The molecule has 0 spiro atoms. The molecular formula is C13H16F2N2O4. The van der Waals surface area contributed by atoms with Crippen molar-refractivity contribution in [2.24, 2.45) is 0 Å². The maximum Gasteiger partial charge on any atom is 0.319 e. The summed E-state index contributed by atoms with van der Waals surface area (Å²) in [5, 5.41) is 22.4. The fourth-order valence-electron chi connectivity index (χ4n) is 1.59. The summed E-state index contributed by atoms with van der Waals surface area (Å²) in [6, 6.07) is 1.28. The van der Waals surface area contributed by atoms with E-state index in [0.29, 0.717) is 0 Å². The molecule has 0 radical (unpaired) electrons. The molecule has 116 valence electrons. The minimum absolute atomic E-state index is 0.157. The summed E-state index contributed by atoms with van der Waals surface area (Å²) in [7, 11) is 0. The van der Waals surface area contributed by atoms with Gasteiger partial charge in [-0.1, -0.05) is 6.07 Å². The Morgan fingerprint density at radius 2 is 1.95 bits per heavy atom. The van der Waals surface area contributed by atoms with E-state index in [-0.39, 0.29) is 12.1 Å². The van der Waals surface area contributed by atoms with Crippen molar-refractivity contribution >= 4 is 17.7 Å². The highest BCUT2D eigenvalue weighted by Gasteiger charge is 2.25. The predicted molar refractivity (Wildman–Crippen MR) is 71.0 cm³/mol. The number of urea groups is 1. The van der Waals surface area contributed by atoms with E-state index >= 15 is 0 Å². The van der Waals surface area contributed by atoms with Crippen LogP contribution in [0.2, 0.25) is 0 Å². The number of carbonyl (C=O) groups is 2. The van der Waals surface area contributed by atoms with Gasteiger partial charge in [-0.3, -0.25) is 4.79 Å². The van der Waals surface area contributed by atoms with E-state index in [1.807, 2.05) is 5.32 Å². The van der Waals surface area contributed by atoms with Crippen molar-refractivity contribution in [3.05, 3.63) is 29.3 Å². The van der Waals surface area contributed by atoms with Crippen LogP contribution in [0.15, 0.2) is 12.1 Å². The molecule has 1 rings (SSSR count). The Hall–Kier alpha value is -2.22. The molecule has 21 heavy (non-hydrogen) atoms. The second-order valence-corrected chi connectivity index (χ2v) is 4.93. The van der Waals surface area contributed by atoms with Crippen LogP contribution in [0.3, 0.4) is 0 Å². The van der Waals surface area contributed by atoms with E-state index in [0.717, 1.165) is 6.07 Å². The van der Waals surface area contributed by atoms with Crippen molar-refractivity contribution in [3.8, 4) is 0 Å². The van der Waals surface area contributed by atoms with Crippen LogP contribution in [0.5, 0.6) is 0 Å². The van der Waals surface area contributed by atoms with E-state index < -0.39 is 41.3 Å². The summed E-state index contributed by atoms with van der Waals surface area (Å²) >= 11 is 0. The van der Waals surface area contributed by atoms with Gasteiger partial charge in [0.05, 0.1) is 12.0 Å². The second-order valence-electron chi connectivity index (χ2n) is 4.93. The van der Waals surface area contributed by atoms with Crippen molar-refractivity contribution in [1.29, 1.82) is 0 Å². The first-order valence-corrected chi connectivity index (χ1v) is 6.06. The molecule has 4 N–H and O–H groups in total. The maximum atomic E-state index is 13.7. The highest BCUT2D eigenvalue weighted by molar-refractivity contribution is 5.89. The lowest BCUT2D eigenvalue weighted by Gasteiger charge is -2.21. The molecule has 1 aromatic rings. The molecule has 1 atom stereocenters. The summed E-state index contributed by atoms with van der Waals surface area (Å²) in [5.41, 5.74) is -2.12. The maximum absolute atomic E-state index is 13.7. The van der Waals surface area contributed by atoms with Gasteiger partial charge < -0.3 is 20.8 Å². The number of benzene rings is 1. The van der Waals surface area contributed by atoms with Crippen molar-refractivity contribution in [2.75, 3.05) is 11.9 Å². The smallest absolute Gasteiger partial charge is 0.319 e. The Balaban J connectivity index is 2.67. The number of aliphatic hydroxyl groups is 1. The van der Waals surface area contributed by atoms with Crippen LogP contribution in [0.25, 0.3) is 0 Å². The van der Waals surface area contributed by atoms with Crippen LogP contribution in [0.4, 0.5) is 19.3 Å². The van der Waals surface area contributed by atoms with Gasteiger partial charge in [0, 0.05) is 6.54 Å². The van der Waals surface area contributed by atoms with Gasteiger partial charge in [0.25, 0.3) is 0 Å². The first kappa shape index (κ1) is 16.8. The monoisotopic (exact) mass is 302 g/mol. The summed E-state index contributed by atoms with van der Waals surface area (Å²) < 4.78 is 27.1. The van der Waals surface area contributed by atoms with Crippen LogP contribution in [-0.2, 0) is 4.79 Å². The SMILES string of the molecule is Cc1ccc(F)c(NC(=O)NCC(C)(O)CC(=O)O)c1F. The number of carboxylic acids is 1. The zero-order valence-electron chi connectivity index (χ0n) is 11.5. The molecule has 0 fully saturated rings. The molecule has 1 unspecified atom stereocenters. The molecule has 0 bridgehead atoms. The molecule has 0 saturated carbocycles. The summed E-state index contributed by atoms with van der Waals surface area (Å²) in [6.45, 7) is 2.24. The number of halogens is 2. The van der Waals surface area contributed by atoms with Gasteiger partial charge in [-0.15, -0.1) is 0 Å². The zero-order chi connectivity index (χ0) is 16.2. The second kappa shape index (κ2) is 6.49. The number of hydrogen-bond donors (Lipinski definition) is 4. The number of carboxylic acid groups (broad SMARTS) is 1. The minimum Gasteiger partial charge on any atom is -0.481 e. The standard InChI is InChI=1S/C13H16F2N2O4/c1-7-3-4-8(14)11(10(7)15)17-12(20)16-6-13(2,21)5-9(18)19/h3-4,21H,5-6H2,1-2H3,(H,18,19)(H2,16,17,20). The van der Waals surface area contributed by atoms with E-state index in [2.05, 4.69) is 5.32 Å². The molecule has 0 aromatic heterocycles. The van der Waals surface area contributed by atoms with Crippen molar-refractivity contribution in [2.45, 2.75) is 25.9 Å². The van der Waals surface area contributed by atoms with Gasteiger partial charge in [0.1, 0.15) is 11.5 Å². The van der Waals surface area contributed by atoms with Crippen LogP contribution < -0.4 is 10.6 Å². The fourth-order valence-corrected chi connectivity index (χ4v) is 1.59. The van der Waals surface area contributed by atoms with Gasteiger partial charge in [-0.25, -0.2) is 13.6 Å². The molecule has 0 aliphatic heterocycles. The molecule has 0 saturated heterocycles. The number of anilines is 1. The van der Waals surface area contributed by atoms with E-state index in [1.165, 1.54) is 19.9 Å². The summed E-state index contributed by atoms with van der Waals surface area (Å²) in [5.74, 6) is -3.08. The predicted octanol–water partition coefficient (Wildman–Crippen LogP) is 1.62. The lowest BCUT2D eigenvalue weighted by molar-refractivity contribution is -0.141. The number of aliphatic carboxylic acids is 1. The molecule has 8 heteroatoms. The lowest BCUT2D eigenvalue weighted by Crippen LogP contribution is -2.43. The third kappa shape index (κ3) is 4.99. The quantitative estimate of drug-likeness (QED) is 0.664. The van der Waals surface area contributed by atoms with Crippen LogP contribution in [-0.4, -0.2) is 34.4 Å². The molecule has 1 aromatic carbocycles. The number of carbonyl (C=O) groups excluding carboxylic acids is 1. The molecule has 0 heterocycles. The zero-order valence-corrected chi connectivity index (χ0v) is 11.5. The average molecular weight is 302 g/mol. The Morgan fingerprint density at radius 3 is 2.52 bits per heavy atom. The highest BCUT2D eigenvalue weighted by atomic mass is 19.1. The third-order valence-electron chi connectivity index (χ3n) is 2.68. The first-order valence-electron chi connectivity index (χ1n) is 6.06. The number of rotatable bonds is 5. The lowest BCUT2D eigenvalue weighted by atomic mass is 10.0. The number of hydrogen-bond acceptors (Lipinski definition) is 3. The van der Waals surface area contributed by atoms with E-state index in [9.17, 15) is 23.5 Å². The van der Waals surface area contributed by atoms with Gasteiger partial charge in [-0.05, 0) is 25.5 Å². The van der Waals surface area contributed by atoms with Gasteiger partial charge >= 0.3 is 12.0 Å². The number of nitrogens with one attached hydrogen (secondary N) is 2. The van der Waals surface area contributed by atoms with E-state index in [4.69, 9.17) is 5.11 Å². The molecular weight excluding hydrogens is 286 g/mol. The number of amides is 2. The first-order chi connectivity index (χ1) is 9.62. The summed E-state index contributed by atoms with van der Waals surface area (Å²) in [6.07, 6.45) is -0.583. The van der Waals surface area contributed by atoms with Crippen molar-refractivity contribution in [3.63, 3.8) is 0 Å². The Morgan fingerprint density at radius 1 is 1.33 bits per heavy atom. The minimum atomic E-state index is -1.67. The largest absolute Gasteiger partial charge is 0.481 e. The third-order valence-corrected chi connectivity index (χ3v) is 2.68. The Labute approximate surface area is 119 Å². The van der Waals surface area contributed by atoms with E-state index in [1.54, 1.807) is 0 Å². The normalized spacial score (nSPS) is 13.4. The van der Waals surface area contributed by atoms with Gasteiger partial charge in [0.15, 0.2) is 5.82 Å². The average Bonchev–Trinajstić information content (AvgIpc) is 2.35. The topological polar surface area (TPSA) is 98.7 Å². The number of aryl methyl sites for hydroxylation is 1. The van der Waals surface area contributed by atoms with Crippen LogP contribution in [0.1, 0.15) is 18.9 Å². The Kier molecular flexibility index (Phi) is 5.20. The fraction of sp³-hybridized carbons (Fsp3) is 0.385.